The lowest BCUT2D eigenvalue weighted by molar-refractivity contribution is 0.0654. The first-order valence-electron chi connectivity index (χ1n) is 5.83. The van der Waals surface area contributed by atoms with Crippen molar-refractivity contribution in [1.82, 2.24) is 9.80 Å². The van der Waals surface area contributed by atoms with E-state index in [2.05, 4.69) is 30.7 Å². The second-order valence-corrected chi connectivity index (χ2v) is 4.46. The van der Waals surface area contributed by atoms with Gasteiger partial charge in [-0.3, -0.25) is 4.90 Å². The van der Waals surface area contributed by atoms with Crippen molar-refractivity contribution >= 4 is 0 Å². The second kappa shape index (κ2) is 5.69. The van der Waals surface area contributed by atoms with Crippen molar-refractivity contribution in [3.63, 3.8) is 0 Å². The van der Waals surface area contributed by atoms with Gasteiger partial charge in [-0.05, 0) is 33.4 Å². The summed E-state index contributed by atoms with van der Waals surface area (Å²) in [5.74, 6) is 0. The van der Waals surface area contributed by atoms with Gasteiger partial charge in [-0.15, -0.1) is 0 Å². The fourth-order valence-electron chi connectivity index (χ4n) is 2.13. The van der Waals surface area contributed by atoms with E-state index in [4.69, 9.17) is 5.73 Å². The Hall–Kier alpha value is -0.120. The van der Waals surface area contributed by atoms with Crippen molar-refractivity contribution in [1.29, 1.82) is 0 Å². The topological polar surface area (TPSA) is 32.5 Å². The number of hydrogen-bond acceptors (Lipinski definition) is 3. The van der Waals surface area contributed by atoms with Crippen LogP contribution >= 0.6 is 0 Å². The molecule has 3 heteroatoms. The first-order chi connectivity index (χ1) is 6.69. The molecule has 0 aromatic rings. The minimum Gasteiger partial charge on any atom is -0.330 e. The molecule has 0 amide bonds. The van der Waals surface area contributed by atoms with Gasteiger partial charge in [0.15, 0.2) is 0 Å². The fraction of sp³-hybridized carbons (Fsp3) is 1.00. The van der Waals surface area contributed by atoms with Crippen molar-refractivity contribution in [2.75, 3.05) is 33.2 Å². The third-order valence-electron chi connectivity index (χ3n) is 3.52. The Morgan fingerprint density at radius 2 is 2.14 bits per heavy atom. The second-order valence-electron chi connectivity index (χ2n) is 4.46. The first kappa shape index (κ1) is 12.0. The van der Waals surface area contributed by atoms with Crippen LogP contribution in [0.5, 0.6) is 0 Å². The van der Waals surface area contributed by atoms with Crippen LogP contribution in [-0.2, 0) is 0 Å². The molecule has 0 saturated carbocycles. The molecule has 0 radical (unpaired) electrons. The minimum atomic E-state index is 0.669. The first-order valence-corrected chi connectivity index (χ1v) is 5.83. The fourth-order valence-corrected chi connectivity index (χ4v) is 2.13. The molecule has 0 aliphatic carbocycles. The van der Waals surface area contributed by atoms with E-state index in [0.717, 1.165) is 19.0 Å². The van der Waals surface area contributed by atoms with E-state index in [-0.39, 0.29) is 0 Å². The van der Waals surface area contributed by atoms with E-state index in [1.807, 2.05) is 0 Å². The van der Waals surface area contributed by atoms with Gasteiger partial charge in [0.1, 0.15) is 0 Å². The molecular weight excluding hydrogens is 174 g/mol. The van der Waals surface area contributed by atoms with Crippen molar-refractivity contribution in [3.05, 3.63) is 0 Å². The summed E-state index contributed by atoms with van der Waals surface area (Å²) in [5, 5.41) is 0. The van der Waals surface area contributed by atoms with Crippen molar-refractivity contribution in [2.24, 2.45) is 5.73 Å². The number of rotatable bonds is 4. The average molecular weight is 199 g/mol. The van der Waals surface area contributed by atoms with Crippen molar-refractivity contribution < 1.29 is 0 Å². The highest BCUT2D eigenvalue weighted by molar-refractivity contribution is 4.82. The van der Waals surface area contributed by atoms with Crippen molar-refractivity contribution in [2.45, 2.75) is 38.8 Å². The maximum Gasteiger partial charge on any atom is 0.0232 e. The van der Waals surface area contributed by atoms with Crippen LogP contribution in [0.4, 0.5) is 0 Å². The largest absolute Gasteiger partial charge is 0.330 e. The molecule has 0 aromatic carbocycles. The van der Waals surface area contributed by atoms with Crippen LogP contribution in [0.25, 0.3) is 0 Å². The van der Waals surface area contributed by atoms with Crippen LogP contribution in [0.1, 0.15) is 26.7 Å². The SMILES string of the molecule is CCC(C)N1CCN(C)C(CCN)C1. The van der Waals surface area contributed by atoms with E-state index >= 15 is 0 Å². The highest BCUT2D eigenvalue weighted by Crippen LogP contribution is 2.14. The van der Waals surface area contributed by atoms with E-state index in [1.165, 1.54) is 26.1 Å². The molecule has 2 atom stereocenters. The number of nitrogens with zero attached hydrogens (tertiary/aromatic N) is 2. The number of nitrogens with two attached hydrogens (primary N) is 1. The van der Waals surface area contributed by atoms with Gasteiger partial charge in [-0.1, -0.05) is 6.92 Å². The van der Waals surface area contributed by atoms with Crippen LogP contribution in [0.15, 0.2) is 0 Å². The molecule has 0 bridgehead atoms. The van der Waals surface area contributed by atoms with Gasteiger partial charge in [0.25, 0.3) is 0 Å². The molecule has 14 heavy (non-hydrogen) atoms. The quantitative estimate of drug-likeness (QED) is 0.725. The molecule has 1 aliphatic rings. The lowest BCUT2D eigenvalue weighted by Crippen LogP contribution is -2.54. The van der Waals surface area contributed by atoms with Gasteiger partial charge in [-0.2, -0.15) is 0 Å². The molecule has 3 nitrogen and oxygen atoms in total. The average Bonchev–Trinajstić information content (AvgIpc) is 2.20. The van der Waals surface area contributed by atoms with Crippen LogP contribution in [0.2, 0.25) is 0 Å². The molecule has 2 unspecified atom stereocenters. The molecule has 84 valence electrons. The maximum absolute atomic E-state index is 5.63. The summed E-state index contributed by atoms with van der Waals surface area (Å²) in [6.07, 6.45) is 2.38. The Bertz CT molecular complexity index is 157. The van der Waals surface area contributed by atoms with Gasteiger partial charge in [0.05, 0.1) is 0 Å². The smallest absolute Gasteiger partial charge is 0.0232 e. The predicted molar refractivity (Wildman–Crippen MR) is 61.4 cm³/mol. The maximum atomic E-state index is 5.63. The highest BCUT2D eigenvalue weighted by Gasteiger charge is 2.25. The molecule has 0 aromatic heterocycles. The molecule has 1 fully saturated rings. The standard InChI is InChI=1S/C11H25N3/c1-4-10(2)14-8-7-13(3)11(9-14)5-6-12/h10-11H,4-9,12H2,1-3H3. The summed E-state index contributed by atoms with van der Waals surface area (Å²) in [6, 6.07) is 1.40. The van der Waals surface area contributed by atoms with Crippen LogP contribution < -0.4 is 5.73 Å². The molecule has 1 saturated heterocycles. The van der Waals surface area contributed by atoms with Gasteiger partial charge in [0.2, 0.25) is 0 Å². The summed E-state index contributed by atoms with van der Waals surface area (Å²) in [5.41, 5.74) is 5.63. The van der Waals surface area contributed by atoms with E-state index in [9.17, 15) is 0 Å². The molecule has 0 spiro atoms. The Kier molecular flexibility index (Phi) is 4.85. The lowest BCUT2D eigenvalue weighted by atomic mass is 10.1. The molecule has 1 rings (SSSR count). The summed E-state index contributed by atoms with van der Waals surface area (Å²) in [4.78, 5) is 5.05. The number of likely N-dealkylation sites (N-methyl/N-ethyl adjacent to an activating group) is 1. The van der Waals surface area contributed by atoms with Gasteiger partial charge < -0.3 is 10.6 Å². The van der Waals surface area contributed by atoms with Crippen LogP contribution in [0, 0.1) is 0 Å². The van der Waals surface area contributed by atoms with Gasteiger partial charge >= 0.3 is 0 Å². The zero-order valence-electron chi connectivity index (χ0n) is 9.87. The summed E-state index contributed by atoms with van der Waals surface area (Å²) >= 11 is 0. The Morgan fingerprint density at radius 1 is 1.43 bits per heavy atom. The summed E-state index contributed by atoms with van der Waals surface area (Å²) < 4.78 is 0. The lowest BCUT2D eigenvalue weighted by Gasteiger charge is -2.42. The molecule has 1 aliphatic heterocycles. The Morgan fingerprint density at radius 3 is 2.71 bits per heavy atom. The van der Waals surface area contributed by atoms with Crippen LogP contribution in [0.3, 0.4) is 0 Å². The minimum absolute atomic E-state index is 0.669. The predicted octanol–water partition coefficient (Wildman–Crippen LogP) is 0.750. The van der Waals surface area contributed by atoms with E-state index < -0.39 is 0 Å². The monoisotopic (exact) mass is 199 g/mol. The summed E-state index contributed by atoms with van der Waals surface area (Å²) in [6.45, 7) is 9.00. The molecule has 1 heterocycles. The zero-order valence-corrected chi connectivity index (χ0v) is 9.87. The summed E-state index contributed by atoms with van der Waals surface area (Å²) in [7, 11) is 2.22. The number of piperazine rings is 1. The Balaban J connectivity index is 2.44. The van der Waals surface area contributed by atoms with E-state index in [0.29, 0.717) is 6.04 Å². The zero-order chi connectivity index (χ0) is 10.6. The van der Waals surface area contributed by atoms with E-state index in [1.54, 1.807) is 0 Å². The van der Waals surface area contributed by atoms with Gasteiger partial charge in [-0.25, -0.2) is 0 Å². The third kappa shape index (κ3) is 2.94. The third-order valence-corrected chi connectivity index (χ3v) is 3.52. The van der Waals surface area contributed by atoms with Gasteiger partial charge in [0, 0.05) is 31.7 Å². The van der Waals surface area contributed by atoms with Crippen LogP contribution in [-0.4, -0.2) is 55.1 Å². The molecular formula is C11H25N3. The normalized spacial score (nSPS) is 27.9. The number of hydrogen-bond donors (Lipinski definition) is 1. The highest BCUT2D eigenvalue weighted by atomic mass is 15.3. The Labute approximate surface area is 88.2 Å². The molecule has 2 N–H and O–H groups in total. The van der Waals surface area contributed by atoms with Crippen molar-refractivity contribution in [3.8, 4) is 0 Å².